The molecule has 2 heterocycles. The van der Waals surface area contributed by atoms with Gasteiger partial charge in [-0.05, 0) is 25.5 Å². The van der Waals surface area contributed by atoms with Crippen molar-refractivity contribution in [1.29, 1.82) is 0 Å². The van der Waals surface area contributed by atoms with Crippen molar-refractivity contribution in [3.05, 3.63) is 29.3 Å². The third kappa shape index (κ3) is 2.77. The number of esters is 1. The lowest BCUT2D eigenvalue weighted by Gasteiger charge is -2.36. The maximum absolute atomic E-state index is 12.0. The largest absolute Gasteiger partial charge is 0.496 e. The van der Waals surface area contributed by atoms with Crippen LogP contribution in [-0.4, -0.2) is 39.9 Å². The molecule has 2 aliphatic heterocycles. The number of nitrogens with two attached hydrogens (primary N) is 1. The average Bonchev–Trinajstić information content (AvgIpc) is 3.09. The van der Waals surface area contributed by atoms with E-state index in [2.05, 4.69) is 0 Å². The number of hydrogen-bond acceptors (Lipinski definition) is 7. The number of carbonyl (C=O) groups excluding carboxylic acids is 1. The van der Waals surface area contributed by atoms with Crippen LogP contribution in [0.3, 0.4) is 0 Å². The van der Waals surface area contributed by atoms with Gasteiger partial charge in [0, 0.05) is 16.5 Å². The summed E-state index contributed by atoms with van der Waals surface area (Å²) in [4.78, 5) is 12.0. The lowest BCUT2D eigenvalue weighted by molar-refractivity contribution is -0.143. The van der Waals surface area contributed by atoms with Gasteiger partial charge in [-0.15, -0.1) is 0 Å². The number of methoxy groups -OCH3 is 3. The number of rotatable bonds is 6. The topological polar surface area (TPSA) is 89.2 Å². The fourth-order valence-corrected chi connectivity index (χ4v) is 4.38. The number of benzene rings is 2. The molecule has 0 saturated carbocycles. The van der Waals surface area contributed by atoms with Crippen LogP contribution in [0.5, 0.6) is 17.2 Å². The molecule has 0 unspecified atom stereocenters. The van der Waals surface area contributed by atoms with E-state index in [-0.39, 0.29) is 24.6 Å². The lowest BCUT2D eigenvalue weighted by Crippen LogP contribution is -2.29. The fraction of sp³-hybridized carbons (Fsp3) is 0.476. The Kier molecular flexibility index (Phi) is 5.03. The van der Waals surface area contributed by atoms with Gasteiger partial charge >= 0.3 is 5.97 Å². The molecule has 0 aliphatic carbocycles. The second-order valence-corrected chi connectivity index (χ2v) is 6.99. The zero-order valence-corrected chi connectivity index (χ0v) is 16.3. The zero-order valence-electron chi connectivity index (χ0n) is 16.3. The molecule has 2 aromatic carbocycles. The molecular weight excluding hydrogens is 362 g/mol. The van der Waals surface area contributed by atoms with E-state index in [4.69, 9.17) is 29.4 Å². The number of ether oxygens (including phenoxy) is 5. The summed E-state index contributed by atoms with van der Waals surface area (Å²) in [6, 6.07) is 5.74. The quantitative estimate of drug-likeness (QED) is 0.762. The molecule has 0 aromatic heterocycles. The summed E-state index contributed by atoms with van der Waals surface area (Å²) in [6.45, 7) is 0.551. The van der Waals surface area contributed by atoms with E-state index in [1.165, 1.54) is 0 Å². The summed E-state index contributed by atoms with van der Waals surface area (Å²) in [5.41, 5.74) is 7.42. The Labute approximate surface area is 163 Å². The molecule has 150 valence electrons. The van der Waals surface area contributed by atoms with E-state index in [1.54, 1.807) is 21.3 Å². The van der Waals surface area contributed by atoms with Crippen molar-refractivity contribution in [2.24, 2.45) is 5.73 Å². The van der Waals surface area contributed by atoms with Crippen molar-refractivity contribution >= 4 is 16.7 Å². The number of carbonyl (C=O) groups is 1. The SMILES string of the molecule is COc1c2c(c(OC)c3c(OC)cccc13)[C@H](CCCN)O[C@@H]1CC(=O)O[C@H]21. The van der Waals surface area contributed by atoms with Gasteiger partial charge in [-0.1, -0.05) is 12.1 Å². The summed E-state index contributed by atoms with van der Waals surface area (Å²) in [5, 5.41) is 1.66. The lowest BCUT2D eigenvalue weighted by atomic mass is 9.85. The minimum atomic E-state index is -0.518. The van der Waals surface area contributed by atoms with Crippen LogP contribution in [0.15, 0.2) is 18.2 Å². The highest BCUT2D eigenvalue weighted by Crippen LogP contribution is 2.56. The van der Waals surface area contributed by atoms with E-state index < -0.39 is 6.10 Å². The van der Waals surface area contributed by atoms with E-state index in [0.717, 1.165) is 28.3 Å². The highest BCUT2D eigenvalue weighted by Gasteiger charge is 2.47. The molecular formula is C21H25NO6. The van der Waals surface area contributed by atoms with E-state index in [9.17, 15) is 4.79 Å². The predicted molar refractivity (Wildman–Crippen MR) is 103 cm³/mol. The second kappa shape index (κ2) is 7.48. The highest BCUT2D eigenvalue weighted by molar-refractivity contribution is 6.01. The number of hydrogen-bond donors (Lipinski definition) is 1. The van der Waals surface area contributed by atoms with Crippen molar-refractivity contribution < 1.29 is 28.5 Å². The van der Waals surface area contributed by atoms with Crippen LogP contribution in [0, 0.1) is 0 Å². The Morgan fingerprint density at radius 2 is 1.89 bits per heavy atom. The van der Waals surface area contributed by atoms with Gasteiger partial charge in [-0.3, -0.25) is 4.79 Å². The first kappa shape index (κ1) is 18.8. The Morgan fingerprint density at radius 1 is 1.11 bits per heavy atom. The smallest absolute Gasteiger partial charge is 0.309 e. The van der Waals surface area contributed by atoms with Gasteiger partial charge < -0.3 is 29.4 Å². The molecule has 0 spiro atoms. The molecule has 7 nitrogen and oxygen atoms in total. The molecule has 0 radical (unpaired) electrons. The number of fused-ring (bicyclic) bond motifs is 4. The maximum Gasteiger partial charge on any atom is 0.309 e. The molecule has 0 bridgehead atoms. The normalized spacial score (nSPS) is 23.1. The molecule has 4 rings (SSSR count). The Bertz CT molecular complexity index is 912. The summed E-state index contributed by atoms with van der Waals surface area (Å²) in [6.07, 6.45) is 0.588. The first-order valence-electron chi connectivity index (χ1n) is 9.44. The molecule has 0 amide bonds. The van der Waals surface area contributed by atoms with E-state index in [0.29, 0.717) is 30.2 Å². The summed E-state index contributed by atoms with van der Waals surface area (Å²) in [5.74, 6) is 1.73. The monoisotopic (exact) mass is 387 g/mol. The summed E-state index contributed by atoms with van der Waals surface area (Å²) in [7, 11) is 4.87. The van der Waals surface area contributed by atoms with Gasteiger partial charge in [-0.2, -0.15) is 0 Å². The van der Waals surface area contributed by atoms with Gasteiger partial charge in [0.05, 0.1) is 39.2 Å². The summed E-state index contributed by atoms with van der Waals surface area (Å²) >= 11 is 0. The Hall–Kier alpha value is -2.51. The summed E-state index contributed by atoms with van der Waals surface area (Å²) < 4.78 is 29.2. The van der Waals surface area contributed by atoms with E-state index in [1.807, 2.05) is 18.2 Å². The molecule has 2 aliphatic rings. The Morgan fingerprint density at radius 3 is 2.57 bits per heavy atom. The van der Waals surface area contributed by atoms with Crippen molar-refractivity contribution in [2.45, 2.75) is 37.6 Å². The molecule has 3 atom stereocenters. The van der Waals surface area contributed by atoms with Crippen LogP contribution in [0.25, 0.3) is 10.8 Å². The Balaban J connectivity index is 2.06. The average molecular weight is 387 g/mol. The van der Waals surface area contributed by atoms with Crippen molar-refractivity contribution in [3.8, 4) is 17.2 Å². The standard InChI is InChI=1S/C21H25NO6/c1-24-12-7-4-6-11-16(12)21(26-3)17-13(8-5-9-22)27-14-10-15(23)28-20(14)18(17)19(11)25-2/h4,6-7,13-14,20H,5,8-10,22H2,1-3H3/t13-,14+,20-/m0/s1. The highest BCUT2D eigenvalue weighted by atomic mass is 16.6. The third-order valence-electron chi connectivity index (χ3n) is 5.49. The predicted octanol–water partition coefficient (Wildman–Crippen LogP) is 3.03. The fourth-order valence-electron chi connectivity index (χ4n) is 4.38. The first-order chi connectivity index (χ1) is 13.6. The van der Waals surface area contributed by atoms with E-state index >= 15 is 0 Å². The van der Waals surface area contributed by atoms with Gasteiger partial charge in [0.25, 0.3) is 0 Å². The van der Waals surface area contributed by atoms with Gasteiger partial charge in [0.15, 0.2) is 6.10 Å². The first-order valence-corrected chi connectivity index (χ1v) is 9.44. The van der Waals surface area contributed by atoms with Gasteiger partial charge in [-0.25, -0.2) is 0 Å². The minimum absolute atomic E-state index is 0.227. The molecule has 7 heteroatoms. The molecule has 1 saturated heterocycles. The molecule has 2 N–H and O–H groups in total. The second-order valence-electron chi connectivity index (χ2n) is 6.99. The minimum Gasteiger partial charge on any atom is -0.496 e. The van der Waals surface area contributed by atoms with Crippen LogP contribution >= 0.6 is 0 Å². The van der Waals surface area contributed by atoms with Gasteiger partial charge in [0.1, 0.15) is 23.4 Å². The van der Waals surface area contributed by atoms with Crippen LogP contribution in [0.4, 0.5) is 0 Å². The van der Waals surface area contributed by atoms with Crippen LogP contribution < -0.4 is 19.9 Å². The van der Waals surface area contributed by atoms with Crippen molar-refractivity contribution in [2.75, 3.05) is 27.9 Å². The zero-order chi connectivity index (χ0) is 19.8. The third-order valence-corrected chi connectivity index (χ3v) is 5.49. The molecule has 28 heavy (non-hydrogen) atoms. The van der Waals surface area contributed by atoms with Crippen molar-refractivity contribution in [1.82, 2.24) is 0 Å². The maximum atomic E-state index is 12.0. The van der Waals surface area contributed by atoms with Crippen LogP contribution in [-0.2, 0) is 14.3 Å². The molecule has 2 aromatic rings. The van der Waals surface area contributed by atoms with Crippen LogP contribution in [0.1, 0.15) is 42.6 Å². The molecule has 1 fully saturated rings. The van der Waals surface area contributed by atoms with Crippen LogP contribution in [0.2, 0.25) is 0 Å². The van der Waals surface area contributed by atoms with Crippen molar-refractivity contribution in [3.63, 3.8) is 0 Å². The van der Waals surface area contributed by atoms with Gasteiger partial charge in [0.2, 0.25) is 0 Å².